The summed E-state index contributed by atoms with van der Waals surface area (Å²) in [5.74, 6) is -0.211. The van der Waals surface area contributed by atoms with Crippen LogP contribution in [0.2, 0.25) is 0 Å². The lowest BCUT2D eigenvalue weighted by atomic mass is 10.1. The monoisotopic (exact) mass is 240 g/mol. The third-order valence-electron chi connectivity index (χ3n) is 2.06. The number of nitrogen functional groups attached to an aromatic ring is 1. The molecule has 4 nitrogen and oxygen atoms in total. The van der Waals surface area contributed by atoms with E-state index in [2.05, 4.69) is 15.0 Å². The number of aromatic nitrogens is 3. The molecule has 0 saturated carbocycles. The maximum atomic E-state index is 12.7. The minimum Gasteiger partial charge on any atom is -0.368 e. The molecule has 2 aromatic rings. The first-order chi connectivity index (χ1) is 7.98. The number of halogens is 3. The molecule has 0 amide bonds. The van der Waals surface area contributed by atoms with E-state index in [1.807, 2.05) is 0 Å². The summed E-state index contributed by atoms with van der Waals surface area (Å²) in [5, 5.41) is 0. The molecule has 2 N–H and O–H groups in total. The Bertz CT molecular complexity index is 539. The van der Waals surface area contributed by atoms with Crippen LogP contribution in [0, 0.1) is 0 Å². The minimum absolute atomic E-state index is 0.0922. The lowest BCUT2D eigenvalue weighted by molar-refractivity contribution is -0.137. The smallest absolute Gasteiger partial charge is 0.368 e. The molecular formula is C10H7F3N4. The van der Waals surface area contributed by atoms with Crippen molar-refractivity contribution in [1.82, 2.24) is 15.0 Å². The molecule has 0 saturated heterocycles. The van der Waals surface area contributed by atoms with Gasteiger partial charge in [0.15, 0.2) is 5.82 Å². The first-order valence-corrected chi connectivity index (χ1v) is 4.59. The van der Waals surface area contributed by atoms with Gasteiger partial charge in [-0.3, -0.25) is 0 Å². The Morgan fingerprint density at radius 1 is 1.06 bits per heavy atom. The van der Waals surface area contributed by atoms with Crippen molar-refractivity contribution < 1.29 is 13.2 Å². The number of alkyl halides is 3. The molecule has 1 aromatic heterocycles. The zero-order valence-corrected chi connectivity index (χ0v) is 8.44. The Morgan fingerprint density at radius 2 is 1.76 bits per heavy atom. The first-order valence-electron chi connectivity index (χ1n) is 4.59. The topological polar surface area (TPSA) is 64.7 Å². The molecule has 1 aromatic carbocycles. The molecule has 0 radical (unpaired) electrons. The molecule has 1 heterocycles. The third kappa shape index (κ3) is 2.32. The molecular weight excluding hydrogens is 233 g/mol. The number of hydrogen-bond donors (Lipinski definition) is 1. The van der Waals surface area contributed by atoms with Gasteiger partial charge in [-0.2, -0.15) is 18.2 Å². The van der Waals surface area contributed by atoms with Gasteiger partial charge >= 0.3 is 6.18 Å². The predicted octanol–water partition coefficient (Wildman–Crippen LogP) is 2.14. The summed E-state index contributed by atoms with van der Waals surface area (Å²) in [6.45, 7) is 0. The number of nitrogens with two attached hydrogens (primary N) is 1. The van der Waals surface area contributed by atoms with Crippen LogP contribution in [0.15, 0.2) is 30.6 Å². The van der Waals surface area contributed by atoms with Crippen LogP contribution in [0.3, 0.4) is 0 Å². The fourth-order valence-electron chi connectivity index (χ4n) is 1.36. The quantitative estimate of drug-likeness (QED) is 0.829. The highest BCUT2D eigenvalue weighted by atomic mass is 19.4. The molecule has 0 bridgehead atoms. The van der Waals surface area contributed by atoms with E-state index in [-0.39, 0.29) is 17.3 Å². The van der Waals surface area contributed by atoms with Crippen molar-refractivity contribution in [3.05, 3.63) is 36.2 Å². The van der Waals surface area contributed by atoms with Gasteiger partial charge in [0.05, 0.1) is 5.56 Å². The maximum Gasteiger partial charge on any atom is 0.417 e. The molecule has 0 aliphatic carbocycles. The standard InChI is InChI=1S/C10H7F3N4/c11-10(12,13)7-4-2-1-3-6(7)8-15-5-16-9(14)17-8/h1-5H,(H2,14,15,16,17). The van der Waals surface area contributed by atoms with Crippen molar-refractivity contribution in [2.24, 2.45) is 0 Å². The van der Waals surface area contributed by atoms with Gasteiger partial charge in [0, 0.05) is 5.56 Å². The molecule has 0 aliphatic heterocycles. The highest BCUT2D eigenvalue weighted by molar-refractivity contribution is 5.61. The van der Waals surface area contributed by atoms with Crippen LogP contribution in [0.4, 0.5) is 19.1 Å². The van der Waals surface area contributed by atoms with E-state index in [1.165, 1.54) is 18.2 Å². The van der Waals surface area contributed by atoms with Gasteiger partial charge in [-0.1, -0.05) is 18.2 Å². The van der Waals surface area contributed by atoms with Crippen molar-refractivity contribution in [2.75, 3.05) is 5.73 Å². The van der Waals surface area contributed by atoms with Crippen LogP contribution in [-0.4, -0.2) is 15.0 Å². The Kier molecular flexibility index (Phi) is 2.66. The Morgan fingerprint density at radius 3 is 2.41 bits per heavy atom. The Labute approximate surface area is 94.3 Å². The van der Waals surface area contributed by atoms with E-state index in [9.17, 15) is 13.2 Å². The molecule has 0 atom stereocenters. The van der Waals surface area contributed by atoms with E-state index in [1.54, 1.807) is 0 Å². The SMILES string of the molecule is Nc1ncnc(-c2ccccc2C(F)(F)F)n1. The molecule has 17 heavy (non-hydrogen) atoms. The molecule has 2 rings (SSSR count). The van der Waals surface area contributed by atoms with Crippen LogP contribution < -0.4 is 5.73 Å². The first kappa shape index (κ1) is 11.3. The van der Waals surface area contributed by atoms with E-state index in [4.69, 9.17) is 5.73 Å². The number of benzene rings is 1. The van der Waals surface area contributed by atoms with Crippen molar-refractivity contribution in [3.63, 3.8) is 0 Å². The van der Waals surface area contributed by atoms with E-state index < -0.39 is 11.7 Å². The van der Waals surface area contributed by atoms with Crippen molar-refractivity contribution in [1.29, 1.82) is 0 Å². The fraction of sp³-hybridized carbons (Fsp3) is 0.100. The van der Waals surface area contributed by atoms with Crippen LogP contribution in [0.5, 0.6) is 0 Å². The van der Waals surface area contributed by atoms with Gasteiger partial charge < -0.3 is 5.73 Å². The van der Waals surface area contributed by atoms with Gasteiger partial charge in [-0.05, 0) is 6.07 Å². The fourth-order valence-corrected chi connectivity index (χ4v) is 1.36. The third-order valence-corrected chi connectivity index (χ3v) is 2.06. The van der Waals surface area contributed by atoms with Gasteiger partial charge in [0.1, 0.15) is 6.33 Å². The predicted molar refractivity (Wildman–Crippen MR) is 54.7 cm³/mol. The van der Waals surface area contributed by atoms with Crippen LogP contribution in [-0.2, 0) is 6.18 Å². The number of anilines is 1. The molecule has 0 fully saturated rings. The molecule has 88 valence electrons. The summed E-state index contributed by atoms with van der Waals surface area (Å²) >= 11 is 0. The Hall–Kier alpha value is -2.18. The normalized spacial score (nSPS) is 11.5. The largest absolute Gasteiger partial charge is 0.417 e. The van der Waals surface area contributed by atoms with Crippen molar-refractivity contribution >= 4 is 5.95 Å². The second kappa shape index (κ2) is 4.00. The summed E-state index contributed by atoms with van der Waals surface area (Å²) in [6, 6.07) is 5.04. The van der Waals surface area contributed by atoms with E-state index in [0.717, 1.165) is 12.4 Å². The van der Waals surface area contributed by atoms with Gasteiger partial charge in [-0.15, -0.1) is 0 Å². The second-order valence-electron chi connectivity index (χ2n) is 3.21. The zero-order valence-electron chi connectivity index (χ0n) is 8.44. The van der Waals surface area contributed by atoms with Crippen LogP contribution >= 0.6 is 0 Å². The zero-order chi connectivity index (χ0) is 12.5. The Balaban J connectivity index is 2.60. The molecule has 0 aliphatic rings. The molecule has 0 spiro atoms. The summed E-state index contributed by atoms with van der Waals surface area (Å²) in [6.07, 6.45) is -3.39. The average molecular weight is 240 g/mol. The highest BCUT2D eigenvalue weighted by Gasteiger charge is 2.33. The second-order valence-corrected chi connectivity index (χ2v) is 3.21. The van der Waals surface area contributed by atoms with Crippen molar-refractivity contribution in [3.8, 4) is 11.4 Å². The van der Waals surface area contributed by atoms with E-state index >= 15 is 0 Å². The van der Waals surface area contributed by atoms with Gasteiger partial charge in [-0.25, -0.2) is 9.97 Å². The summed E-state index contributed by atoms with van der Waals surface area (Å²) in [7, 11) is 0. The number of rotatable bonds is 1. The molecule has 7 heteroatoms. The van der Waals surface area contributed by atoms with Gasteiger partial charge in [0.25, 0.3) is 0 Å². The summed E-state index contributed by atoms with van der Waals surface area (Å²) in [5.41, 5.74) is 4.39. The minimum atomic E-state index is -4.46. The number of hydrogen-bond acceptors (Lipinski definition) is 4. The van der Waals surface area contributed by atoms with Gasteiger partial charge in [0.2, 0.25) is 5.95 Å². The van der Waals surface area contributed by atoms with Crippen molar-refractivity contribution in [2.45, 2.75) is 6.18 Å². The lowest BCUT2D eigenvalue weighted by Gasteiger charge is -2.11. The number of nitrogens with zero attached hydrogens (tertiary/aromatic N) is 3. The molecule has 0 unspecified atom stereocenters. The summed E-state index contributed by atoms with van der Waals surface area (Å²) in [4.78, 5) is 10.9. The van der Waals surface area contributed by atoms with E-state index in [0.29, 0.717) is 0 Å². The maximum absolute atomic E-state index is 12.7. The average Bonchev–Trinajstić information content (AvgIpc) is 2.28. The van der Waals surface area contributed by atoms with Crippen LogP contribution in [0.1, 0.15) is 5.56 Å². The summed E-state index contributed by atoms with van der Waals surface area (Å²) < 4.78 is 38.2. The highest BCUT2D eigenvalue weighted by Crippen LogP contribution is 2.35. The lowest BCUT2D eigenvalue weighted by Crippen LogP contribution is -2.08. The van der Waals surface area contributed by atoms with Crippen LogP contribution in [0.25, 0.3) is 11.4 Å².